The Bertz CT molecular complexity index is 956. The first-order valence-corrected chi connectivity index (χ1v) is 8.20. The van der Waals surface area contributed by atoms with Crippen LogP contribution in [0.5, 0.6) is 5.75 Å². The Morgan fingerprint density at radius 2 is 2.00 bits per heavy atom. The van der Waals surface area contributed by atoms with Gasteiger partial charge in [-0.3, -0.25) is 14.4 Å². The Kier molecular flexibility index (Phi) is 6.22. The molecule has 2 rings (SSSR count). The number of carbonyl (C=O) groups is 2. The van der Waals surface area contributed by atoms with Crippen molar-refractivity contribution in [2.24, 2.45) is 0 Å². The van der Waals surface area contributed by atoms with Crippen molar-refractivity contribution in [2.75, 3.05) is 7.11 Å². The van der Waals surface area contributed by atoms with Gasteiger partial charge in [0.2, 0.25) is 0 Å². The molecule has 2 aromatic rings. The van der Waals surface area contributed by atoms with E-state index in [2.05, 4.69) is 4.74 Å². The SMILES string of the molecule is COC(=O)C[C@H](c1ccc(F)cc1Cl)c1c(O)cc(C)n(CC(=O)O)c1=O. The Balaban J connectivity index is 2.74. The Morgan fingerprint density at radius 1 is 1.33 bits per heavy atom. The summed E-state index contributed by atoms with van der Waals surface area (Å²) in [6.07, 6.45) is -0.360. The molecule has 27 heavy (non-hydrogen) atoms. The van der Waals surface area contributed by atoms with Gasteiger partial charge in [0.1, 0.15) is 18.1 Å². The fourth-order valence-electron chi connectivity index (χ4n) is 2.83. The van der Waals surface area contributed by atoms with E-state index in [-0.39, 0.29) is 28.3 Å². The molecule has 0 aliphatic heterocycles. The predicted molar refractivity (Wildman–Crippen MR) is 94.6 cm³/mol. The number of esters is 1. The maximum absolute atomic E-state index is 13.4. The molecule has 0 amide bonds. The third-order valence-corrected chi connectivity index (χ3v) is 4.43. The van der Waals surface area contributed by atoms with Gasteiger partial charge in [-0.1, -0.05) is 17.7 Å². The van der Waals surface area contributed by atoms with Crippen molar-refractivity contribution in [3.05, 3.63) is 62.3 Å². The second-order valence-corrected chi connectivity index (χ2v) is 6.28. The molecule has 0 spiro atoms. The predicted octanol–water partition coefficient (Wildman–Crippen LogP) is 2.43. The number of carboxylic acid groups (broad SMARTS) is 1. The quantitative estimate of drug-likeness (QED) is 0.725. The molecule has 0 saturated carbocycles. The van der Waals surface area contributed by atoms with E-state index in [0.29, 0.717) is 0 Å². The number of pyridine rings is 1. The van der Waals surface area contributed by atoms with Gasteiger partial charge >= 0.3 is 11.9 Å². The van der Waals surface area contributed by atoms with Crippen LogP contribution in [0.15, 0.2) is 29.1 Å². The van der Waals surface area contributed by atoms with Gasteiger partial charge in [0.25, 0.3) is 5.56 Å². The molecular formula is C18H17ClFNO6. The Morgan fingerprint density at radius 3 is 2.56 bits per heavy atom. The number of carbonyl (C=O) groups excluding carboxylic acids is 1. The third kappa shape index (κ3) is 4.46. The maximum atomic E-state index is 13.4. The van der Waals surface area contributed by atoms with Crippen molar-refractivity contribution in [2.45, 2.75) is 25.8 Å². The molecule has 0 unspecified atom stereocenters. The number of nitrogens with zero attached hydrogens (tertiary/aromatic N) is 1. The fourth-order valence-corrected chi connectivity index (χ4v) is 3.13. The number of hydrogen-bond donors (Lipinski definition) is 2. The summed E-state index contributed by atoms with van der Waals surface area (Å²) in [4.78, 5) is 35.8. The second kappa shape index (κ2) is 8.22. The molecule has 144 valence electrons. The highest BCUT2D eigenvalue weighted by molar-refractivity contribution is 6.31. The lowest BCUT2D eigenvalue weighted by Crippen LogP contribution is -2.31. The van der Waals surface area contributed by atoms with Crippen molar-refractivity contribution in [1.82, 2.24) is 4.57 Å². The van der Waals surface area contributed by atoms with Crippen molar-refractivity contribution < 1.29 is 28.9 Å². The molecule has 0 aliphatic rings. The molecule has 2 N–H and O–H groups in total. The van der Waals surface area contributed by atoms with E-state index >= 15 is 0 Å². The summed E-state index contributed by atoms with van der Waals surface area (Å²) in [5.41, 5.74) is -0.558. The van der Waals surface area contributed by atoms with Crippen LogP contribution >= 0.6 is 11.6 Å². The van der Waals surface area contributed by atoms with Gasteiger partial charge in [-0.25, -0.2) is 4.39 Å². The van der Waals surface area contributed by atoms with Crippen LogP contribution in [0, 0.1) is 12.7 Å². The van der Waals surface area contributed by atoms with Crippen molar-refractivity contribution in [3.8, 4) is 5.75 Å². The average molecular weight is 398 g/mol. The second-order valence-electron chi connectivity index (χ2n) is 5.87. The van der Waals surface area contributed by atoms with Gasteiger partial charge in [0.15, 0.2) is 0 Å². The minimum Gasteiger partial charge on any atom is -0.507 e. The van der Waals surface area contributed by atoms with Crippen molar-refractivity contribution in [3.63, 3.8) is 0 Å². The van der Waals surface area contributed by atoms with Gasteiger partial charge in [-0.05, 0) is 30.7 Å². The van der Waals surface area contributed by atoms with Crippen LogP contribution in [0.1, 0.15) is 29.2 Å². The fraction of sp³-hybridized carbons (Fsp3) is 0.278. The zero-order valence-corrected chi connectivity index (χ0v) is 15.3. The molecule has 9 heteroatoms. The number of aliphatic carboxylic acids is 1. The zero-order valence-electron chi connectivity index (χ0n) is 14.5. The van der Waals surface area contributed by atoms with Crippen LogP contribution in [0.3, 0.4) is 0 Å². The van der Waals surface area contributed by atoms with E-state index in [1.807, 2.05) is 0 Å². The number of aromatic nitrogens is 1. The van der Waals surface area contributed by atoms with Gasteiger partial charge in [0.05, 0.1) is 19.1 Å². The highest BCUT2D eigenvalue weighted by Crippen LogP contribution is 2.36. The molecule has 0 radical (unpaired) electrons. The van der Waals surface area contributed by atoms with Crippen LogP contribution in [0.2, 0.25) is 5.02 Å². The number of rotatable bonds is 6. The van der Waals surface area contributed by atoms with Gasteiger partial charge in [-0.15, -0.1) is 0 Å². The number of halogens is 2. The summed E-state index contributed by atoms with van der Waals surface area (Å²) < 4.78 is 19.0. The van der Waals surface area contributed by atoms with Crippen molar-refractivity contribution in [1.29, 1.82) is 0 Å². The van der Waals surface area contributed by atoms with E-state index < -0.39 is 41.5 Å². The summed E-state index contributed by atoms with van der Waals surface area (Å²) in [7, 11) is 1.16. The summed E-state index contributed by atoms with van der Waals surface area (Å²) >= 11 is 6.08. The number of ether oxygens (including phenoxy) is 1. The lowest BCUT2D eigenvalue weighted by Gasteiger charge is -2.21. The number of aryl methyl sites for hydroxylation is 1. The van der Waals surface area contributed by atoms with Gasteiger partial charge in [-0.2, -0.15) is 0 Å². The van der Waals surface area contributed by atoms with E-state index in [9.17, 15) is 23.9 Å². The number of hydrogen-bond acceptors (Lipinski definition) is 5. The molecule has 1 heterocycles. The molecule has 1 aromatic heterocycles. The van der Waals surface area contributed by atoms with E-state index in [1.165, 1.54) is 19.1 Å². The first kappa shape index (κ1) is 20.4. The van der Waals surface area contributed by atoms with Gasteiger partial charge < -0.3 is 19.5 Å². The summed E-state index contributed by atoms with van der Waals surface area (Å²) in [6.45, 7) is 0.841. The number of aromatic hydroxyl groups is 1. The van der Waals surface area contributed by atoms with Crippen LogP contribution in [0.4, 0.5) is 4.39 Å². The molecule has 0 aliphatic carbocycles. The first-order chi connectivity index (χ1) is 12.6. The van der Waals surface area contributed by atoms with E-state index in [1.54, 1.807) is 0 Å². The Hall–Kier alpha value is -2.87. The van der Waals surface area contributed by atoms with Crippen LogP contribution in [-0.4, -0.2) is 33.8 Å². The standard InChI is InChI=1S/C18H17ClFNO6/c1-9-5-14(22)17(18(26)21(9)8-15(23)24)12(7-16(25)27-2)11-4-3-10(20)6-13(11)19/h3-6,12,22H,7-8H2,1-2H3,(H,23,24)/t12-/m1/s1. The molecule has 0 fully saturated rings. The maximum Gasteiger partial charge on any atom is 0.323 e. The van der Waals surface area contributed by atoms with Crippen LogP contribution in [0.25, 0.3) is 0 Å². The average Bonchev–Trinajstić information content (AvgIpc) is 2.57. The van der Waals surface area contributed by atoms with E-state index in [0.717, 1.165) is 23.8 Å². The lowest BCUT2D eigenvalue weighted by atomic mass is 9.88. The third-order valence-electron chi connectivity index (χ3n) is 4.10. The monoisotopic (exact) mass is 397 g/mol. The topological polar surface area (TPSA) is 106 Å². The minimum atomic E-state index is -1.25. The minimum absolute atomic E-state index is 0.0481. The van der Waals surface area contributed by atoms with Crippen LogP contribution in [-0.2, 0) is 20.9 Å². The number of carboxylic acids is 1. The van der Waals surface area contributed by atoms with Crippen molar-refractivity contribution >= 4 is 23.5 Å². The normalized spacial score (nSPS) is 11.9. The highest BCUT2D eigenvalue weighted by atomic mass is 35.5. The van der Waals surface area contributed by atoms with Crippen LogP contribution < -0.4 is 5.56 Å². The number of benzene rings is 1. The first-order valence-electron chi connectivity index (χ1n) is 7.82. The summed E-state index contributed by atoms with van der Waals surface area (Å²) in [5.74, 6) is -4.03. The van der Waals surface area contributed by atoms with E-state index in [4.69, 9.17) is 16.7 Å². The molecule has 1 aromatic carbocycles. The smallest absolute Gasteiger partial charge is 0.323 e. The Labute approximate surface area is 158 Å². The molecule has 7 nitrogen and oxygen atoms in total. The molecule has 0 saturated heterocycles. The summed E-state index contributed by atoms with van der Waals surface area (Å²) in [6, 6.07) is 4.64. The number of methoxy groups -OCH3 is 1. The van der Waals surface area contributed by atoms with Gasteiger partial charge in [0, 0.05) is 16.6 Å². The zero-order chi connectivity index (χ0) is 20.3. The largest absolute Gasteiger partial charge is 0.507 e. The molecular weight excluding hydrogens is 381 g/mol. The lowest BCUT2D eigenvalue weighted by molar-refractivity contribution is -0.141. The molecule has 0 bridgehead atoms. The highest BCUT2D eigenvalue weighted by Gasteiger charge is 2.28. The molecule has 1 atom stereocenters. The summed E-state index contributed by atoms with van der Waals surface area (Å²) in [5, 5.41) is 19.3.